The van der Waals surface area contributed by atoms with Crippen molar-refractivity contribution >= 4 is 15.7 Å². The number of aliphatic hydroxyl groups excluding tert-OH is 1. The molecule has 0 aromatic rings. The molecule has 3 heterocycles. The Morgan fingerprint density at radius 1 is 1.04 bits per heavy atom. The van der Waals surface area contributed by atoms with Gasteiger partial charge in [-0.15, -0.1) is 0 Å². The molecule has 24 heavy (non-hydrogen) atoms. The van der Waals surface area contributed by atoms with E-state index in [1.54, 1.807) is 0 Å². The lowest BCUT2D eigenvalue weighted by molar-refractivity contribution is -0.139. The van der Waals surface area contributed by atoms with Gasteiger partial charge in [0, 0.05) is 32.2 Å². The molecule has 0 radical (unpaired) electrons. The van der Waals surface area contributed by atoms with Crippen LogP contribution >= 0.6 is 0 Å². The van der Waals surface area contributed by atoms with Crippen LogP contribution in [0.1, 0.15) is 32.1 Å². The molecule has 138 valence electrons. The summed E-state index contributed by atoms with van der Waals surface area (Å²) in [5, 5.41) is 9.62. The van der Waals surface area contributed by atoms with Crippen molar-refractivity contribution in [1.29, 1.82) is 0 Å². The number of carbonyl (C=O) groups excluding carboxylic acids is 1. The fourth-order valence-electron chi connectivity index (χ4n) is 4.49. The van der Waals surface area contributed by atoms with Crippen LogP contribution in [0.3, 0.4) is 0 Å². The first-order valence-electron chi connectivity index (χ1n) is 9.29. The molecule has 6 nitrogen and oxygen atoms in total. The highest BCUT2D eigenvalue weighted by Gasteiger charge is 2.36. The molecule has 0 spiro atoms. The number of likely N-dealkylation sites (tertiary alicyclic amines) is 2. The Bertz CT molecular complexity index is 531. The van der Waals surface area contributed by atoms with E-state index in [1.807, 2.05) is 4.90 Å². The van der Waals surface area contributed by atoms with Gasteiger partial charge in [-0.1, -0.05) is 0 Å². The Morgan fingerprint density at radius 3 is 2.29 bits per heavy atom. The molecule has 0 aromatic carbocycles. The average Bonchev–Trinajstić information content (AvgIpc) is 3.07. The van der Waals surface area contributed by atoms with Crippen molar-refractivity contribution in [3.63, 3.8) is 0 Å². The fraction of sp³-hybridized carbons (Fsp3) is 0.941. The van der Waals surface area contributed by atoms with Gasteiger partial charge >= 0.3 is 0 Å². The second-order valence-electron chi connectivity index (χ2n) is 7.83. The summed E-state index contributed by atoms with van der Waals surface area (Å²) in [5.41, 5.74) is 0. The van der Waals surface area contributed by atoms with E-state index in [0.29, 0.717) is 25.3 Å². The van der Waals surface area contributed by atoms with Gasteiger partial charge in [-0.3, -0.25) is 4.79 Å². The van der Waals surface area contributed by atoms with Crippen molar-refractivity contribution in [3.8, 4) is 0 Å². The molecule has 3 aliphatic heterocycles. The molecule has 0 bridgehead atoms. The van der Waals surface area contributed by atoms with E-state index in [0.717, 1.165) is 32.6 Å². The molecule has 1 N–H and O–H groups in total. The van der Waals surface area contributed by atoms with Crippen molar-refractivity contribution in [3.05, 3.63) is 0 Å². The molecular formula is C17H30N2O4S. The molecule has 2 atom stereocenters. The van der Waals surface area contributed by atoms with Crippen LogP contribution in [0.25, 0.3) is 0 Å². The van der Waals surface area contributed by atoms with Gasteiger partial charge in [-0.25, -0.2) is 8.42 Å². The van der Waals surface area contributed by atoms with Gasteiger partial charge in [0.2, 0.25) is 5.91 Å². The predicted octanol–water partition coefficient (Wildman–Crippen LogP) is 0.364. The summed E-state index contributed by atoms with van der Waals surface area (Å²) in [6.45, 7) is 4.81. The average molecular weight is 359 g/mol. The van der Waals surface area contributed by atoms with Crippen LogP contribution in [-0.2, 0) is 14.6 Å². The number of carbonyl (C=O) groups is 1. The number of hydrogen-bond acceptors (Lipinski definition) is 5. The van der Waals surface area contributed by atoms with E-state index in [-0.39, 0.29) is 35.9 Å². The molecular weight excluding hydrogens is 328 g/mol. The topological polar surface area (TPSA) is 77.9 Å². The van der Waals surface area contributed by atoms with Crippen LogP contribution in [0.5, 0.6) is 0 Å². The van der Waals surface area contributed by atoms with Gasteiger partial charge in [0.15, 0.2) is 0 Å². The standard InChI is InChI=1S/C17H30N2O4S/c20-13-15-9-14(10-18-5-1-2-6-18)11-19(12-15)17(21)16-3-7-24(22,23)8-4-16/h14-16,20H,1-13H2/t14-,15+/m0/s1. The number of piperidine rings is 1. The van der Waals surface area contributed by atoms with Gasteiger partial charge in [0.25, 0.3) is 0 Å². The molecule has 0 unspecified atom stereocenters. The summed E-state index contributed by atoms with van der Waals surface area (Å²) in [7, 11) is -2.94. The number of hydrogen-bond donors (Lipinski definition) is 1. The third kappa shape index (κ3) is 4.49. The Balaban J connectivity index is 1.59. The summed E-state index contributed by atoms with van der Waals surface area (Å²) in [5.74, 6) is 0.802. The third-order valence-corrected chi connectivity index (χ3v) is 7.53. The normalized spacial score (nSPS) is 32.1. The minimum Gasteiger partial charge on any atom is -0.396 e. The van der Waals surface area contributed by atoms with Crippen LogP contribution in [0.4, 0.5) is 0 Å². The third-order valence-electron chi connectivity index (χ3n) is 5.81. The van der Waals surface area contributed by atoms with Crippen LogP contribution in [0.2, 0.25) is 0 Å². The molecule has 3 rings (SSSR count). The van der Waals surface area contributed by atoms with Crippen LogP contribution < -0.4 is 0 Å². The van der Waals surface area contributed by atoms with Crippen molar-refractivity contribution in [1.82, 2.24) is 9.80 Å². The van der Waals surface area contributed by atoms with E-state index in [9.17, 15) is 18.3 Å². The molecule has 3 aliphatic rings. The van der Waals surface area contributed by atoms with E-state index >= 15 is 0 Å². The van der Waals surface area contributed by atoms with E-state index < -0.39 is 9.84 Å². The lowest BCUT2D eigenvalue weighted by atomic mass is 9.88. The molecule has 0 saturated carbocycles. The van der Waals surface area contributed by atoms with Gasteiger partial charge in [-0.05, 0) is 57.0 Å². The first-order valence-corrected chi connectivity index (χ1v) is 11.1. The maximum absolute atomic E-state index is 12.8. The maximum Gasteiger partial charge on any atom is 0.225 e. The largest absolute Gasteiger partial charge is 0.396 e. The molecule has 3 saturated heterocycles. The molecule has 0 aromatic heterocycles. The molecule has 0 aliphatic carbocycles. The summed E-state index contributed by atoms with van der Waals surface area (Å²) in [6.07, 6.45) is 4.41. The van der Waals surface area contributed by atoms with Crippen LogP contribution in [-0.4, -0.2) is 80.1 Å². The minimum atomic E-state index is -2.94. The quantitative estimate of drug-likeness (QED) is 0.785. The lowest BCUT2D eigenvalue weighted by Gasteiger charge is -2.40. The second kappa shape index (κ2) is 7.70. The Kier molecular flexibility index (Phi) is 5.82. The van der Waals surface area contributed by atoms with Crippen molar-refractivity contribution in [2.24, 2.45) is 17.8 Å². The van der Waals surface area contributed by atoms with Gasteiger partial charge < -0.3 is 14.9 Å². The number of nitrogens with zero attached hydrogens (tertiary/aromatic N) is 2. The number of sulfone groups is 1. The van der Waals surface area contributed by atoms with Crippen molar-refractivity contribution < 1.29 is 18.3 Å². The predicted molar refractivity (Wildman–Crippen MR) is 92.3 cm³/mol. The van der Waals surface area contributed by atoms with Gasteiger partial charge in [0.1, 0.15) is 9.84 Å². The fourth-order valence-corrected chi connectivity index (χ4v) is 5.98. The molecule has 3 fully saturated rings. The van der Waals surface area contributed by atoms with E-state index in [1.165, 1.54) is 12.8 Å². The SMILES string of the molecule is O=C(C1CCS(=O)(=O)CC1)N1C[C@H](CO)C[C@@H](CN2CCCC2)C1. The smallest absolute Gasteiger partial charge is 0.225 e. The molecule has 1 amide bonds. The van der Waals surface area contributed by atoms with Crippen LogP contribution in [0, 0.1) is 17.8 Å². The summed E-state index contributed by atoms with van der Waals surface area (Å²) in [4.78, 5) is 17.2. The lowest BCUT2D eigenvalue weighted by Crippen LogP contribution is -2.50. The summed E-state index contributed by atoms with van der Waals surface area (Å²) in [6, 6.07) is 0. The van der Waals surface area contributed by atoms with E-state index in [2.05, 4.69) is 4.90 Å². The first kappa shape index (κ1) is 18.1. The highest BCUT2D eigenvalue weighted by molar-refractivity contribution is 7.91. The summed E-state index contributed by atoms with van der Waals surface area (Å²) >= 11 is 0. The van der Waals surface area contributed by atoms with Gasteiger partial charge in [0.05, 0.1) is 11.5 Å². The van der Waals surface area contributed by atoms with Crippen molar-refractivity contribution in [2.45, 2.75) is 32.1 Å². The zero-order valence-corrected chi connectivity index (χ0v) is 15.2. The number of amides is 1. The first-order chi connectivity index (χ1) is 11.5. The second-order valence-corrected chi connectivity index (χ2v) is 10.1. The Morgan fingerprint density at radius 2 is 1.67 bits per heavy atom. The van der Waals surface area contributed by atoms with Crippen LogP contribution in [0.15, 0.2) is 0 Å². The highest BCUT2D eigenvalue weighted by Crippen LogP contribution is 2.28. The zero-order chi connectivity index (χ0) is 17.2. The maximum atomic E-state index is 12.8. The highest BCUT2D eigenvalue weighted by atomic mass is 32.2. The number of rotatable bonds is 4. The summed E-state index contributed by atoms with van der Waals surface area (Å²) < 4.78 is 23.2. The monoisotopic (exact) mass is 358 g/mol. The van der Waals surface area contributed by atoms with E-state index in [4.69, 9.17) is 0 Å². The minimum absolute atomic E-state index is 0.106. The molecule has 7 heteroatoms. The Hall–Kier alpha value is -0.660. The van der Waals surface area contributed by atoms with Crippen molar-refractivity contribution in [2.75, 3.05) is 50.8 Å². The zero-order valence-electron chi connectivity index (χ0n) is 14.4. The number of aliphatic hydroxyl groups is 1. The Labute approximate surface area is 145 Å². The van der Waals surface area contributed by atoms with Gasteiger partial charge in [-0.2, -0.15) is 0 Å².